The lowest BCUT2D eigenvalue weighted by Crippen LogP contribution is -2.37. The number of aromatic nitrogens is 1. The zero-order chi connectivity index (χ0) is 14.5. The Hall–Kier alpha value is -1.62. The first-order chi connectivity index (χ1) is 9.58. The van der Waals surface area contributed by atoms with Gasteiger partial charge in [0.2, 0.25) is 0 Å². The molecule has 0 unspecified atom stereocenters. The number of ether oxygens (including phenoxy) is 1. The Labute approximate surface area is 120 Å². The summed E-state index contributed by atoms with van der Waals surface area (Å²) in [6.07, 6.45) is 4.62. The molecule has 1 aromatic rings. The number of nitrogens with zero attached hydrogens (tertiary/aromatic N) is 1. The van der Waals surface area contributed by atoms with Gasteiger partial charge < -0.3 is 15.4 Å². The van der Waals surface area contributed by atoms with E-state index in [4.69, 9.17) is 4.74 Å². The standard InChI is InChI=1S/C15H23N3O2/c1-10(2)14-12(5-7-20-14)8-17-15(19)18-13-9-16-6-4-11(13)3/h4,6,9-10,12,14H,5,7-8H2,1-3H3,(H2,17,18,19)/t12-,14+/m1/s1. The number of hydrogen-bond donors (Lipinski definition) is 2. The molecular weight excluding hydrogens is 254 g/mol. The number of carbonyl (C=O) groups excluding carboxylic acids is 1. The molecule has 0 spiro atoms. The van der Waals surface area contributed by atoms with E-state index in [1.54, 1.807) is 12.4 Å². The van der Waals surface area contributed by atoms with E-state index in [-0.39, 0.29) is 12.1 Å². The summed E-state index contributed by atoms with van der Waals surface area (Å²) in [5, 5.41) is 5.75. The molecule has 1 fully saturated rings. The van der Waals surface area contributed by atoms with Gasteiger partial charge in [-0.25, -0.2) is 4.79 Å². The molecule has 1 aromatic heterocycles. The average Bonchev–Trinajstić information content (AvgIpc) is 2.88. The highest BCUT2D eigenvalue weighted by Crippen LogP contribution is 2.26. The Morgan fingerprint density at radius 2 is 2.35 bits per heavy atom. The highest BCUT2D eigenvalue weighted by molar-refractivity contribution is 5.89. The van der Waals surface area contributed by atoms with Crippen molar-refractivity contribution in [3.05, 3.63) is 24.0 Å². The van der Waals surface area contributed by atoms with Crippen LogP contribution in [0, 0.1) is 18.8 Å². The lowest BCUT2D eigenvalue weighted by atomic mass is 9.93. The minimum absolute atomic E-state index is 0.185. The quantitative estimate of drug-likeness (QED) is 0.889. The molecule has 0 aliphatic carbocycles. The van der Waals surface area contributed by atoms with Gasteiger partial charge in [0.05, 0.1) is 18.0 Å². The lowest BCUT2D eigenvalue weighted by Gasteiger charge is -2.22. The summed E-state index contributed by atoms with van der Waals surface area (Å²) in [7, 11) is 0. The van der Waals surface area contributed by atoms with E-state index in [1.165, 1.54) is 0 Å². The van der Waals surface area contributed by atoms with Crippen molar-refractivity contribution in [2.45, 2.75) is 33.3 Å². The molecule has 1 saturated heterocycles. The van der Waals surface area contributed by atoms with E-state index in [0.29, 0.717) is 18.4 Å². The second kappa shape index (κ2) is 6.70. The predicted molar refractivity (Wildman–Crippen MR) is 78.7 cm³/mol. The number of rotatable bonds is 4. The first-order valence-electron chi connectivity index (χ1n) is 7.15. The van der Waals surface area contributed by atoms with E-state index < -0.39 is 0 Å². The summed E-state index contributed by atoms with van der Waals surface area (Å²) in [6.45, 7) is 7.69. The van der Waals surface area contributed by atoms with E-state index >= 15 is 0 Å². The number of aryl methyl sites for hydroxylation is 1. The predicted octanol–water partition coefficient (Wildman–Crippen LogP) is 2.57. The molecule has 0 saturated carbocycles. The van der Waals surface area contributed by atoms with Crippen molar-refractivity contribution in [3.8, 4) is 0 Å². The van der Waals surface area contributed by atoms with Crippen molar-refractivity contribution in [3.63, 3.8) is 0 Å². The first-order valence-corrected chi connectivity index (χ1v) is 7.15. The Morgan fingerprint density at radius 1 is 1.55 bits per heavy atom. The minimum Gasteiger partial charge on any atom is -0.378 e. The summed E-state index contributed by atoms with van der Waals surface area (Å²) >= 11 is 0. The Bertz CT molecular complexity index is 462. The van der Waals surface area contributed by atoms with Gasteiger partial charge in [0.15, 0.2) is 0 Å². The van der Waals surface area contributed by atoms with Crippen molar-refractivity contribution >= 4 is 11.7 Å². The number of carbonyl (C=O) groups is 1. The zero-order valence-electron chi connectivity index (χ0n) is 12.3. The fourth-order valence-corrected chi connectivity index (χ4v) is 2.60. The summed E-state index contributed by atoms with van der Waals surface area (Å²) in [4.78, 5) is 15.9. The second-order valence-corrected chi connectivity index (χ2v) is 5.65. The van der Waals surface area contributed by atoms with E-state index in [0.717, 1.165) is 24.3 Å². The van der Waals surface area contributed by atoms with Crippen LogP contribution in [-0.2, 0) is 4.74 Å². The van der Waals surface area contributed by atoms with E-state index in [1.807, 2.05) is 13.0 Å². The number of urea groups is 1. The third-order valence-corrected chi connectivity index (χ3v) is 3.73. The Balaban J connectivity index is 1.82. The Morgan fingerprint density at radius 3 is 3.05 bits per heavy atom. The molecule has 2 rings (SSSR count). The summed E-state index contributed by atoms with van der Waals surface area (Å²) < 4.78 is 5.71. The molecule has 2 amide bonds. The molecular formula is C15H23N3O2. The summed E-state index contributed by atoms with van der Waals surface area (Å²) in [5.74, 6) is 0.878. The molecule has 2 heterocycles. The van der Waals surface area contributed by atoms with Crippen molar-refractivity contribution in [2.24, 2.45) is 11.8 Å². The molecule has 0 aromatic carbocycles. The van der Waals surface area contributed by atoms with Crippen molar-refractivity contribution in [1.29, 1.82) is 0 Å². The first kappa shape index (κ1) is 14.8. The normalized spacial score (nSPS) is 22.0. The number of anilines is 1. The van der Waals surface area contributed by atoms with Gasteiger partial charge in [-0.15, -0.1) is 0 Å². The van der Waals surface area contributed by atoms with E-state index in [2.05, 4.69) is 29.5 Å². The third kappa shape index (κ3) is 3.70. The highest BCUT2D eigenvalue weighted by Gasteiger charge is 2.30. The smallest absolute Gasteiger partial charge is 0.319 e. The van der Waals surface area contributed by atoms with Gasteiger partial charge in [-0.05, 0) is 30.9 Å². The molecule has 0 radical (unpaired) electrons. The van der Waals surface area contributed by atoms with Gasteiger partial charge in [-0.3, -0.25) is 4.98 Å². The zero-order valence-corrected chi connectivity index (χ0v) is 12.3. The van der Waals surface area contributed by atoms with Crippen LogP contribution in [0.4, 0.5) is 10.5 Å². The minimum atomic E-state index is -0.185. The van der Waals surface area contributed by atoms with Gasteiger partial charge in [-0.2, -0.15) is 0 Å². The van der Waals surface area contributed by atoms with Gasteiger partial charge in [0.1, 0.15) is 0 Å². The van der Waals surface area contributed by atoms with Gasteiger partial charge in [0, 0.05) is 25.3 Å². The fraction of sp³-hybridized carbons (Fsp3) is 0.600. The molecule has 5 heteroatoms. The van der Waals surface area contributed by atoms with Crippen LogP contribution in [0.15, 0.2) is 18.5 Å². The summed E-state index contributed by atoms with van der Waals surface area (Å²) in [5.41, 5.74) is 1.74. The van der Waals surface area contributed by atoms with Gasteiger partial charge in [-0.1, -0.05) is 13.8 Å². The van der Waals surface area contributed by atoms with Crippen molar-refractivity contribution < 1.29 is 9.53 Å². The number of pyridine rings is 1. The van der Waals surface area contributed by atoms with Crippen LogP contribution >= 0.6 is 0 Å². The molecule has 1 aliphatic rings. The number of hydrogen-bond acceptors (Lipinski definition) is 3. The molecule has 2 atom stereocenters. The largest absolute Gasteiger partial charge is 0.378 e. The van der Waals surface area contributed by atoms with Crippen LogP contribution < -0.4 is 10.6 Å². The maximum Gasteiger partial charge on any atom is 0.319 e. The Kier molecular flexibility index (Phi) is 4.95. The third-order valence-electron chi connectivity index (χ3n) is 3.73. The molecule has 2 N–H and O–H groups in total. The maximum atomic E-state index is 11.9. The summed E-state index contributed by atoms with van der Waals surface area (Å²) in [6, 6.07) is 1.69. The molecule has 110 valence electrons. The maximum absolute atomic E-state index is 11.9. The second-order valence-electron chi connectivity index (χ2n) is 5.65. The SMILES string of the molecule is Cc1ccncc1NC(=O)NC[C@H]1CCO[C@H]1C(C)C. The number of amides is 2. The molecule has 5 nitrogen and oxygen atoms in total. The van der Waals surface area contributed by atoms with Crippen LogP contribution in [-0.4, -0.2) is 30.3 Å². The van der Waals surface area contributed by atoms with Gasteiger partial charge in [0.25, 0.3) is 0 Å². The van der Waals surface area contributed by atoms with Gasteiger partial charge >= 0.3 is 6.03 Å². The highest BCUT2D eigenvalue weighted by atomic mass is 16.5. The van der Waals surface area contributed by atoms with Crippen molar-refractivity contribution in [2.75, 3.05) is 18.5 Å². The van der Waals surface area contributed by atoms with Crippen LogP contribution in [0.5, 0.6) is 0 Å². The lowest BCUT2D eigenvalue weighted by molar-refractivity contribution is 0.0546. The fourth-order valence-electron chi connectivity index (χ4n) is 2.60. The van der Waals surface area contributed by atoms with Crippen LogP contribution in [0.2, 0.25) is 0 Å². The van der Waals surface area contributed by atoms with Crippen LogP contribution in [0.25, 0.3) is 0 Å². The molecule has 20 heavy (non-hydrogen) atoms. The average molecular weight is 277 g/mol. The molecule has 1 aliphatic heterocycles. The van der Waals surface area contributed by atoms with Crippen LogP contribution in [0.1, 0.15) is 25.8 Å². The van der Waals surface area contributed by atoms with Crippen LogP contribution in [0.3, 0.4) is 0 Å². The monoisotopic (exact) mass is 277 g/mol. The number of nitrogens with one attached hydrogen (secondary N) is 2. The van der Waals surface area contributed by atoms with E-state index in [9.17, 15) is 4.79 Å². The topological polar surface area (TPSA) is 63.2 Å². The van der Waals surface area contributed by atoms with Crippen molar-refractivity contribution in [1.82, 2.24) is 10.3 Å². The molecule has 0 bridgehead atoms.